The van der Waals surface area contributed by atoms with Crippen molar-refractivity contribution in [3.05, 3.63) is 17.3 Å². The maximum atomic E-state index is 4.38. The highest BCUT2D eigenvalue weighted by Crippen LogP contribution is 2.17. The molecule has 0 aliphatic carbocycles. The first-order chi connectivity index (χ1) is 8.35. The lowest BCUT2D eigenvalue weighted by Gasteiger charge is -2.24. The Labute approximate surface area is 103 Å². The van der Waals surface area contributed by atoms with E-state index in [9.17, 15) is 0 Å². The molecule has 1 aromatic heterocycles. The molecule has 0 spiro atoms. The smallest absolute Gasteiger partial charge is 0.151 e. The summed E-state index contributed by atoms with van der Waals surface area (Å²) in [5, 5.41) is 12.1. The molecule has 0 radical (unpaired) electrons. The minimum absolute atomic E-state index is 0.934. The summed E-state index contributed by atoms with van der Waals surface area (Å²) >= 11 is 0. The maximum Gasteiger partial charge on any atom is 0.151 e. The minimum atomic E-state index is 0.934. The average Bonchev–Trinajstić information content (AvgIpc) is 2.38. The Balaban J connectivity index is 2.18. The van der Waals surface area contributed by atoms with E-state index in [1.807, 2.05) is 0 Å². The van der Waals surface area contributed by atoms with Gasteiger partial charge in [-0.05, 0) is 24.5 Å². The molecular weight excluding hydrogens is 212 g/mol. The third-order valence-corrected chi connectivity index (χ3v) is 3.11. The molecule has 94 valence electrons. The molecule has 1 aliphatic rings. The summed E-state index contributed by atoms with van der Waals surface area (Å²) in [7, 11) is 0. The molecule has 4 nitrogen and oxygen atoms in total. The van der Waals surface area contributed by atoms with Crippen LogP contribution in [0.5, 0.6) is 0 Å². The van der Waals surface area contributed by atoms with Crippen molar-refractivity contribution in [1.82, 2.24) is 15.5 Å². The fourth-order valence-electron chi connectivity index (χ4n) is 2.27. The largest absolute Gasteiger partial charge is 0.355 e. The molecule has 0 fully saturated rings. The van der Waals surface area contributed by atoms with E-state index in [1.165, 1.54) is 11.3 Å². The normalized spacial score (nSPS) is 14.5. The molecular formula is C13H22N4. The van der Waals surface area contributed by atoms with Gasteiger partial charge in [0.2, 0.25) is 0 Å². The van der Waals surface area contributed by atoms with Gasteiger partial charge in [-0.15, -0.1) is 5.10 Å². The van der Waals surface area contributed by atoms with E-state index in [4.69, 9.17) is 0 Å². The molecule has 1 aliphatic heterocycles. The number of nitrogens with one attached hydrogen (secondary N) is 1. The first kappa shape index (κ1) is 12.3. The Hall–Kier alpha value is -1.16. The van der Waals surface area contributed by atoms with Gasteiger partial charge in [0.15, 0.2) is 5.82 Å². The average molecular weight is 234 g/mol. The van der Waals surface area contributed by atoms with Crippen LogP contribution in [0.25, 0.3) is 0 Å². The highest BCUT2D eigenvalue weighted by molar-refractivity contribution is 5.41. The zero-order valence-corrected chi connectivity index (χ0v) is 10.9. The molecule has 1 N–H and O–H groups in total. The number of nitrogens with zero attached hydrogens (tertiary/aromatic N) is 3. The van der Waals surface area contributed by atoms with E-state index in [1.54, 1.807) is 0 Å². The van der Waals surface area contributed by atoms with Crippen molar-refractivity contribution in [2.75, 3.05) is 24.5 Å². The van der Waals surface area contributed by atoms with Crippen molar-refractivity contribution < 1.29 is 0 Å². The number of hydrogen-bond donors (Lipinski definition) is 1. The first-order valence-corrected chi connectivity index (χ1v) is 6.66. The summed E-state index contributed by atoms with van der Waals surface area (Å²) in [5.41, 5.74) is 2.49. The molecule has 2 rings (SSSR count). The third kappa shape index (κ3) is 2.94. The Morgan fingerprint density at radius 2 is 2.00 bits per heavy atom. The molecule has 0 atom stereocenters. The zero-order chi connectivity index (χ0) is 12.1. The lowest BCUT2D eigenvalue weighted by molar-refractivity contribution is 0.616. The van der Waals surface area contributed by atoms with Gasteiger partial charge < -0.3 is 10.2 Å². The monoisotopic (exact) mass is 234 g/mol. The summed E-state index contributed by atoms with van der Waals surface area (Å²) in [6.45, 7) is 8.49. The summed E-state index contributed by atoms with van der Waals surface area (Å²) in [5.74, 6) is 1.04. The van der Waals surface area contributed by atoms with Crippen molar-refractivity contribution in [3.8, 4) is 0 Å². The van der Waals surface area contributed by atoms with Crippen molar-refractivity contribution in [1.29, 1.82) is 0 Å². The zero-order valence-electron chi connectivity index (χ0n) is 10.9. The number of fused-ring (bicyclic) bond motifs is 1. The topological polar surface area (TPSA) is 41.1 Å². The van der Waals surface area contributed by atoms with Crippen LogP contribution in [0.1, 0.15) is 37.9 Å². The number of hydrogen-bond acceptors (Lipinski definition) is 4. The Kier molecular flexibility index (Phi) is 4.31. The molecule has 0 bridgehead atoms. The van der Waals surface area contributed by atoms with Gasteiger partial charge in [0.25, 0.3) is 0 Å². The predicted octanol–water partition coefficient (Wildman–Crippen LogP) is 1.75. The van der Waals surface area contributed by atoms with Crippen LogP contribution in [-0.4, -0.2) is 29.8 Å². The van der Waals surface area contributed by atoms with E-state index in [0.717, 1.165) is 51.3 Å². The van der Waals surface area contributed by atoms with Crippen molar-refractivity contribution in [3.63, 3.8) is 0 Å². The molecule has 1 aromatic rings. The molecule has 0 aromatic carbocycles. The lowest BCUT2D eigenvalue weighted by atomic mass is 10.1. The summed E-state index contributed by atoms with van der Waals surface area (Å²) < 4.78 is 0. The Morgan fingerprint density at radius 3 is 2.71 bits per heavy atom. The van der Waals surface area contributed by atoms with Crippen LogP contribution in [-0.2, 0) is 13.0 Å². The second kappa shape index (κ2) is 5.96. The number of aromatic nitrogens is 2. The van der Waals surface area contributed by atoms with Gasteiger partial charge >= 0.3 is 0 Å². The van der Waals surface area contributed by atoms with Gasteiger partial charge in [-0.2, -0.15) is 5.10 Å². The van der Waals surface area contributed by atoms with Crippen LogP contribution < -0.4 is 10.2 Å². The van der Waals surface area contributed by atoms with Crippen molar-refractivity contribution in [2.24, 2.45) is 0 Å². The highest BCUT2D eigenvalue weighted by Gasteiger charge is 2.14. The highest BCUT2D eigenvalue weighted by atomic mass is 15.3. The second-order valence-corrected chi connectivity index (χ2v) is 4.59. The third-order valence-electron chi connectivity index (χ3n) is 3.11. The van der Waals surface area contributed by atoms with Gasteiger partial charge in [0.1, 0.15) is 0 Å². The van der Waals surface area contributed by atoms with Gasteiger partial charge in [-0.3, -0.25) is 0 Å². The van der Waals surface area contributed by atoms with E-state index >= 15 is 0 Å². The van der Waals surface area contributed by atoms with Gasteiger partial charge in [-0.1, -0.05) is 13.8 Å². The number of rotatable bonds is 5. The first-order valence-electron chi connectivity index (χ1n) is 6.66. The summed E-state index contributed by atoms with van der Waals surface area (Å²) in [6, 6.07) is 2.21. The van der Waals surface area contributed by atoms with Crippen LogP contribution in [0.2, 0.25) is 0 Å². The van der Waals surface area contributed by atoms with E-state index in [-0.39, 0.29) is 0 Å². The van der Waals surface area contributed by atoms with E-state index in [2.05, 4.69) is 40.3 Å². The maximum absolute atomic E-state index is 4.38. The fraction of sp³-hybridized carbons (Fsp3) is 0.692. The second-order valence-electron chi connectivity index (χ2n) is 4.59. The molecule has 17 heavy (non-hydrogen) atoms. The predicted molar refractivity (Wildman–Crippen MR) is 70.2 cm³/mol. The molecule has 0 unspecified atom stereocenters. The van der Waals surface area contributed by atoms with E-state index < -0.39 is 0 Å². The standard InChI is InChI=1S/C13H22N4/c1-3-7-17(8-4-2)13-9-11-10-14-6-5-12(11)15-16-13/h9,14H,3-8,10H2,1-2H3. The van der Waals surface area contributed by atoms with Crippen LogP contribution in [0.15, 0.2) is 6.07 Å². The fourth-order valence-corrected chi connectivity index (χ4v) is 2.27. The van der Waals surface area contributed by atoms with Crippen molar-refractivity contribution in [2.45, 2.75) is 39.7 Å². The van der Waals surface area contributed by atoms with Gasteiger partial charge in [-0.25, -0.2) is 0 Å². The summed E-state index contributed by atoms with van der Waals surface area (Å²) in [6.07, 6.45) is 3.30. The van der Waals surface area contributed by atoms with Crippen LogP contribution in [0.4, 0.5) is 5.82 Å². The van der Waals surface area contributed by atoms with Gasteiger partial charge in [0.05, 0.1) is 5.69 Å². The van der Waals surface area contributed by atoms with Crippen LogP contribution >= 0.6 is 0 Å². The number of anilines is 1. The van der Waals surface area contributed by atoms with Crippen molar-refractivity contribution >= 4 is 5.82 Å². The lowest BCUT2D eigenvalue weighted by Crippen LogP contribution is -2.29. The SMILES string of the molecule is CCCN(CCC)c1cc2c(nn1)CCNC2. The molecule has 2 heterocycles. The minimum Gasteiger partial charge on any atom is -0.355 e. The molecule has 0 saturated heterocycles. The summed E-state index contributed by atoms with van der Waals surface area (Å²) in [4.78, 5) is 2.34. The molecule has 0 saturated carbocycles. The Morgan fingerprint density at radius 1 is 1.24 bits per heavy atom. The molecule has 0 amide bonds. The Bertz CT molecular complexity index is 358. The van der Waals surface area contributed by atoms with E-state index in [0.29, 0.717) is 0 Å². The molecule has 4 heteroatoms. The van der Waals surface area contributed by atoms with Gasteiger partial charge in [0, 0.05) is 32.6 Å². The quantitative estimate of drug-likeness (QED) is 0.842. The van der Waals surface area contributed by atoms with Crippen LogP contribution in [0, 0.1) is 0 Å². The van der Waals surface area contributed by atoms with Crippen LogP contribution in [0.3, 0.4) is 0 Å².